The Kier molecular flexibility index (Phi) is 7.15. The van der Waals surface area contributed by atoms with Crippen LogP contribution in [-0.4, -0.2) is 37.1 Å². The van der Waals surface area contributed by atoms with Crippen LogP contribution in [0, 0.1) is 12.7 Å². The van der Waals surface area contributed by atoms with Gasteiger partial charge in [0.1, 0.15) is 17.7 Å². The van der Waals surface area contributed by atoms with E-state index in [1.165, 1.54) is 25.3 Å². The first-order valence-corrected chi connectivity index (χ1v) is 11.3. The number of benzene rings is 2. The number of nitrogens with one attached hydrogen (secondary N) is 1. The highest BCUT2D eigenvalue weighted by Crippen LogP contribution is 2.28. The number of hydrogen-bond acceptors (Lipinski definition) is 5. The molecule has 2 aromatic carbocycles. The molecule has 0 aliphatic heterocycles. The van der Waals surface area contributed by atoms with Crippen LogP contribution in [-0.2, 0) is 4.79 Å². The van der Waals surface area contributed by atoms with Gasteiger partial charge in [0.25, 0.3) is 5.97 Å². The van der Waals surface area contributed by atoms with Gasteiger partial charge in [-0.2, -0.15) is 0 Å². The Morgan fingerprint density at radius 1 is 1.06 bits per heavy atom. The topological polar surface area (TPSA) is 101 Å². The van der Waals surface area contributed by atoms with Crippen LogP contribution >= 0.6 is 0 Å². The molecule has 0 bridgehead atoms. The Balaban J connectivity index is 0.000000636. The third-order valence-electron chi connectivity index (χ3n) is 5.65. The number of H-pyrrole nitrogens is 1. The lowest BCUT2D eigenvalue weighted by Gasteiger charge is -2.21. The molecular formula is C26H27FN4O3. The second-order valence-electron chi connectivity index (χ2n) is 8.45. The highest BCUT2D eigenvalue weighted by Gasteiger charge is 2.16. The van der Waals surface area contributed by atoms with Crippen molar-refractivity contribution in [3.63, 3.8) is 0 Å². The molecule has 0 amide bonds. The number of nitrogens with zero attached hydrogens (tertiary/aromatic N) is 3. The minimum Gasteiger partial charge on any atom is -0.481 e. The zero-order chi connectivity index (χ0) is 24.1. The van der Waals surface area contributed by atoms with Crippen molar-refractivity contribution in [1.29, 1.82) is 0 Å². The number of aromatic nitrogens is 4. The highest BCUT2D eigenvalue weighted by atomic mass is 19.1. The van der Waals surface area contributed by atoms with E-state index in [4.69, 9.17) is 14.6 Å². The Hall–Kier alpha value is -3.81. The van der Waals surface area contributed by atoms with E-state index in [-0.39, 0.29) is 11.9 Å². The minimum absolute atomic E-state index is 0.203. The second kappa shape index (κ2) is 10.4. The van der Waals surface area contributed by atoms with Crippen molar-refractivity contribution in [3.8, 4) is 28.5 Å². The highest BCUT2D eigenvalue weighted by molar-refractivity contribution is 5.80. The molecule has 0 unspecified atom stereocenters. The Bertz CT molecular complexity index is 1280. The lowest BCUT2D eigenvalue weighted by molar-refractivity contribution is -0.134. The maximum atomic E-state index is 14.9. The molecule has 8 heteroatoms. The molecule has 0 spiro atoms. The summed E-state index contributed by atoms with van der Waals surface area (Å²) in [6.45, 7) is 3.10. The normalized spacial score (nSPS) is 13.9. The van der Waals surface area contributed by atoms with Gasteiger partial charge in [0.05, 0.1) is 16.6 Å². The maximum absolute atomic E-state index is 14.9. The fourth-order valence-electron chi connectivity index (χ4n) is 4.00. The van der Waals surface area contributed by atoms with Gasteiger partial charge in [-0.15, -0.1) is 0 Å². The van der Waals surface area contributed by atoms with Crippen LogP contribution in [0.4, 0.5) is 4.39 Å². The largest absolute Gasteiger partial charge is 0.481 e. The molecule has 0 saturated heterocycles. The van der Waals surface area contributed by atoms with Gasteiger partial charge in [0.15, 0.2) is 0 Å². The van der Waals surface area contributed by atoms with E-state index in [1.807, 2.05) is 31.2 Å². The molecule has 4 aromatic rings. The number of carboxylic acids is 1. The first-order chi connectivity index (χ1) is 16.4. The number of carboxylic acid groups (broad SMARTS) is 1. The van der Waals surface area contributed by atoms with Crippen molar-refractivity contribution in [2.24, 2.45) is 0 Å². The number of hydrogen-bond donors (Lipinski definition) is 2. The molecule has 1 aliphatic rings. The molecule has 1 aliphatic carbocycles. The number of aliphatic carboxylic acids is 1. The van der Waals surface area contributed by atoms with E-state index in [0.717, 1.165) is 41.9 Å². The molecule has 0 atom stereocenters. The number of imidazole rings is 1. The van der Waals surface area contributed by atoms with Crippen molar-refractivity contribution >= 4 is 17.0 Å². The van der Waals surface area contributed by atoms with Crippen LogP contribution in [0.3, 0.4) is 0 Å². The molecule has 0 radical (unpaired) electrons. The zero-order valence-electron chi connectivity index (χ0n) is 19.2. The molecule has 2 aromatic heterocycles. The van der Waals surface area contributed by atoms with Crippen LogP contribution in [0.15, 0.2) is 48.8 Å². The Morgan fingerprint density at radius 3 is 2.44 bits per heavy atom. The summed E-state index contributed by atoms with van der Waals surface area (Å²) in [6, 6.07) is 11.4. The standard InChI is InChI=1S/C24H23FN4O.C2H4O2/c1-15-7-10-21-22(11-15)29-23(28-21)19-9-8-16(12-20(19)25)17-13-26-24(27-14-17)30-18-5-3-2-4-6-18;1-2(3)4/h7-14,18H,2-6H2,1H3,(H,28,29);1H3,(H,3,4). The van der Waals surface area contributed by atoms with E-state index in [1.54, 1.807) is 18.5 Å². The molecule has 2 N–H and O–H groups in total. The van der Waals surface area contributed by atoms with Gasteiger partial charge in [-0.05, 0) is 68.0 Å². The average Bonchev–Trinajstić information content (AvgIpc) is 3.22. The Morgan fingerprint density at radius 2 is 1.76 bits per heavy atom. The number of aryl methyl sites for hydroxylation is 1. The van der Waals surface area contributed by atoms with Crippen molar-refractivity contribution in [2.45, 2.75) is 52.1 Å². The quantitative estimate of drug-likeness (QED) is 0.389. The summed E-state index contributed by atoms with van der Waals surface area (Å²) in [7, 11) is 0. The van der Waals surface area contributed by atoms with E-state index in [0.29, 0.717) is 23.0 Å². The maximum Gasteiger partial charge on any atom is 0.316 e. The van der Waals surface area contributed by atoms with Gasteiger partial charge >= 0.3 is 6.01 Å². The molecule has 5 rings (SSSR count). The van der Waals surface area contributed by atoms with Gasteiger partial charge in [0, 0.05) is 24.9 Å². The van der Waals surface area contributed by atoms with Crippen molar-refractivity contribution in [2.75, 3.05) is 0 Å². The predicted octanol–water partition coefficient (Wildman–Crippen LogP) is 5.94. The number of ether oxygens (including phenoxy) is 1. The lowest BCUT2D eigenvalue weighted by Crippen LogP contribution is -2.20. The second-order valence-corrected chi connectivity index (χ2v) is 8.45. The van der Waals surface area contributed by atoms with Crippen LogP contribution < -0.4 is 4.74 Å². The molecule has 2 heterocycles. The van der Waals surface area contributed by atoms with Crippen LogP contribution in [0.25, 0.3) is 33.5 Å². The summed E-state index contributed by atoms with van der Waals surface area (Å²) < 4.78 is 20.8. The smallest absolute Gasteiger partial charge is 0.316 e. The number of rotatable bonds is 4. The first-order valence-electron chi connectivity index (χ1n) is 11.3. The van der Waals surface area contributed by atoms with E-state index in [9.17, 15) is 4.39 Å². The third kappa shape index (κ3) is 5.75. The Labute approximate surface area is 197 Å². The molecule has 1 fully saturated rings. The lowest BCUT2D eigenvalue weighted by atomic mass is 9.98. The average molecular weight is 463 g/mol. The van der Waals surface area contributed by atoms with E-state index < -0.39 is 5.97 Å². The molecule has 1 saturated carbocycles. The molecule has 7 nitrogen and oxygen atoms in total. The number of halogens is 1. The van der Waals surface area contributed by atoms with Gasteiger partial charge in [0.2, 0.25) is 0 Å². The molecular weight excluding hydrogens is 435 g/mol. The summed E-state index contributed by atoms with van der Waals surface area (Å²) in [5.74, 6) is -0.655. The van der Waals surface area contributed by atoms with Gasteiger partial charge < -0.3 is 14.8 Å². The monoisotopic (exact) mass is 462 g/mol. The number of carbonyl (C=O) groups is 1. The zero-order valence-corrected chi connectivity index (χ0v) is 19.2. The first kappa shape index (κ1) is 23.4. The molecule has 176 valence electrons. The van der Waals surface area contributed by atoms with Gasteiger partial charge in [-0.25, -0.2) is 19.3 Å². The SMILES string of the molecule is CC(=O)O.Cc1ccc2nc(-c3ccc(-c4cnc(OC5CCCCC5)nc4)cc3F)[nH]c2c1. The van der Waals surface area contributed by atoms with Crippen molar-refractivity contribution < 1.29 is 19.0 Å². The van der Waals surface area contributed by atoms with Crippen LogP contribution in [0.1, 0.15) is 44.6 Å². The minimum atomic E-state index is -0.833. The number of fused-ring (bicyclic) bond motifs is 1. The van der Waals surface area contributed by atoms with Crippen molar-refractivity contribution in [1.82, 2.24) is 19.9 Å². The number of aromatic amines is 1. The summed E-state index contributed by atoms with van der Waals surface area (Å²) in [5, 5.41) is 7.42. The van der Waals surface area contributed by atoms with Gasteiger partial charge in [-0.1, -0.05) is 18.6 Å². The summed E-state index contributed by atoms with van der Waals surface area (Å²) in [4.78, 5) is 25.4. The summed E-state index contributed by atoms with van der Waals surface area (Å²) in [5.41, 5.74) is 4.75. The third-order valence-corrected chi connectivity index (χ3v) is 5.65. The van der Waals surface area contributed by atoms with E-state index in [2.05, 4.69) is 19.9 Å². The predicted molar refractivity (Wildman–Crippen MR) is 128 cm³/mol. The summed E-state index contributed by atoms with van der Waals surface area (Å²) >= 11 is 0. The fourth-order valence-corrected chi connectivity index (χ4v) is 4.00. The van der Waals surface area contributed by atoms with Crippen molar-refractivity contribution in [3.05, 3.63) is 60.2 Å². The van der Waals surface area contributed by atoms with E-state index >= 15 is 0 Å². The van der Waals surface area contributed by atoms with Gasteiger partial charge in [-0.3, -0.25) is 4.79 Å². The van der Waals surface area contributed by atoms with Crippen LogP contribution in [0.2, 0.25) is 0 Å². The summed E-state index contributed by atoms with van der Waals surface area (Å²) in [6.07, 6.45) is 9.34. The van der Waals surface area contributed by atoms with Crippen LogP contribution in [0.5, 0.6) is 6.01 Å². The molecule has 34 heavy (non-hydrogen) atoms. The fraction of sp³-hybridized carbons (Fsp3) is 0.308.